The fourth-order valence-electron chi connectivity index (χ4n) is 3.43. The SMILES string of the molecule is CCc1ccc(C2(O)c3ccc(Cl)cc3C3=NCCN32)cc1. The number of halogens is 1. The molecule has 0 spiro atoms. The Kier molecular flexibility index (Phi) is 3.03. The number of aliphatic hydroxyl groups is 1. The molecule has 2 aromatic carbocycles. The summed E-state index contributed by atoms with van der Waals surface area (Å²) in [5, 5.41) is 12.2. The van der Waals surface area contributed by atoms with Crippen molar-refractivity contribution in [3.8, 4) is 0 Å². The van der Waals surface area contributed by atoms with Gasteiger partial charge in [0.05, 0.1) is 6.54 Å². The van der Waals surface area contributed by atoms with Crippen molar-refractivity contribution in [3.05, 3.63) is 69.7 Å². The Hall–Kier alpha value is -1.84. The molecule has 0 saturated heterocycles. The van der Waals surface area contributed by atoms with Gasteiger partial charge in [0.15, 0.2) is 5.72 Å². The first-order valence-electron chi connectivity index (χ1n) is 7.59. The highest BCUT2D eigenvalue weighted by molar-refractivity contribution is 6.31. The minimum Gasteiger partial charge on any atom is -0.363 e. The molecular weight excluding hydrogens is 296 g/mol. The van der Waals surface area contributed by atoms with Gasteiger partial charge in [-0.2, -0.15) is 0 Å². The maximum Gasteiger partial charge on any atom is 0.193 e. The minimum atomic E-state index is -1.15. The maximum atomic E-state index is 11.5. The van der Waals surface area contributed by atoms with Crippen molar-refractivity contribution in [2.24, 2.45) is 4.99 Å². The summed E-state index contributed by atoms with van der Waals surface area (Å²) in [5.74, 6) is 0.847. The number of hydrogen-bond donors (Lipinski definition) is 1. The molecule has 0 aromatic heterocycles. The van der Waals surface area contributed by atoms with Gasteiger partial charge in [-0.3, -0.25) is 4.99 Å². The smallest absolute Gasteiger partial charge is 0.193 e. The van der Waals surface area contributed by atoms with E-state index in [1.54, 1.807) is 0 Å². The van der Waals surface area contributed by atoms with Crippen LogP contribution in [0.15, 0.2) is 47.5 Å². The van der Waals surface area contributed by atoms with Crippen LogP contribution in [0, 0.1) is 0 Å². The van der Waals surface area contributed by atoms with E-state index in [1.165, 1.54) is 5.56 Å². The average molecular weight is 313 g/mol. The number of fused-ring (bicyclic) bond motifs is 3. The Bertz CT molecular complexity index is 769. The van der Waals surface area contributed by atoms with Crippen molar-refractivity contribution in [1.29, 1.82) is 0 Å². The zero-order chi connectivity index (χ0) is 15.3. The van der Waals surface area contributed by atoms with Gasteiger partial charge in [-0.15, -0.1) is 0 Å². The van der Waals surface area contributed by atoms with Gasteiger partial charge in [-0.05, 0) is 24.1 Å². The molecule has 4 rings (SSSR count). The van der Waals surface area contributed by atoms with Gasteiger partial charge in [-0.1, -0.05) is 48.9 Å². The third kappa shape index (κ3) is 1.76. The van der Waals surface area contributed by atoms with Crippen LogP contribution in [0.3, 0.4) is 0 Å². The highest BCUT2D eigenvalue weighted by Crippen LogP contribution is 2.44. The second-order valence-electron chi connectivity index (χ2n) is 5.77. The van der Waals surface area contributed by atoms with Crippen LogP contribution in [0.2, 0.25) is 5.02 Å². The molecule has 2 heterocycles. The predicted octanol–water partition coefficient (Wildman–Crippen LogP) is 3.17. The summed E-state index contributed by atoms with van der Waals surface area (Å²) in [4.78, 5) is 6.54. The highest BCUT2D eigenvalue weighted by Gasteiger charge is 2.49. The summed E-state index contributed by atoms with van der Waals surface area (Å²) in [5.41, 5.74) is 2.78. The second kappa shape index (κ2) is 4.83. The molecule has 0 fully saturated rings. The molecule has 0 amide bonds. The maximum absolute atomic E-state index is 11.5. The van der Waals surface area contributed by atoms with Crippen LogP contribution in [0.5, 0.6) is 0 Å². The Balaban J connectivity index is 1.92. The number of rotatable bonds is 2. The second-order valence-corrected chi connectivity index (χ2v) is 6.21. The molecule has 0 aliphatic carbocycles. The Labute approximate surface area is 134 Å². The number of amidine groups is 1. The average Bonchev–Trinajstić information content (AvgIpc) is 3.11. The van der Waals surface area contributed by atoms with Gasteiger partial charge in [0, 0.05) is 28.3 Å². The van der Waals surface area contributed by atoms with Gasteiger partial charge in [-0.25, -0.2) is 0 Å². The lowest BCUT2D eigenvalue weighted by Crippen LogP contribution is -2.43. The summed E-state index contributed by atoms with van der Waals surface area (Å²) in [6, 6.07) is 13.8. The topological polar surface area (TPSA) is 35.8 Å². The molecule has 2 aliphatic rings. The molecular formula is C18H17ClN2O. The summed E-state index contributed by atoms with van der Waals surface area (Å²) < 4.78 is 0. The number of aryl methyl sites for hydroxylation is 1. The van der Waals surface area contributed by atoms with Gasteiger partial charge in [0.2, 0.25) is 0 Å². The molecule has 112 valence electrons. The highest BCUT2D eigenvalue weighted by atomic mass is 35.5. The first kappa shape index (κ1) is 13.8. The normalized spacial score (nSPS) is 22.5. The largest absolute Gasteiger partial charge is 0.363 e. The Morgan fingerprint density at radius 3 is 2.73 bits per heavy atom. The molecule has 1 N–H and O–H groups in total. The predicted molar refractivity (Wildman–Crippen MR) is 88.4 cm³/mol. The molecule has 0 bridgehead atoms. The van der Waals surface area contributed by atoms with E-state index in [1.807, 2.05) is 35.2 Å². The Morgan fingerprint density at radius 1 is 1.23 bits per heavy atom. The van der Waals surface area contributed by atoms with E-state index in [4.69, 9.17) is 11.6 Å². The van der Waals surface area contributed by atoms with Crippen LogP contribution in [0.25, 0.3) is 0 Å². The molecule has 3 nitrogen and oxygen atoms in total. The van der Waals surface area contributed by atoms with E-state index in [0.717, 1.165) is 28.9 Å². The summed E-state index contributed by atoms with van der Waals surface area (Å²) in [7, 11) is 0. The van der Waals surface area contributed by atoms with E-state index < -0.39 is 5.72 Å². The van der Waals surface area contributed by atoms with Crippen molar-refractivity contribution in [2.75, 3.05) is 13.1 Å². The van der Waals surface area contributed by atoms with Crippen LogP contribution >= 0.6 is 11.6 Å². The standard InChI is InChI=1S/C18H17ClN2O/c1-2-12-3-5-13(6-4-12)18(22)16-8-7-14(19)11-15(16)17-20-9-10-21(17)18/h3-8,11,22H,2,9-10H2,1H3. The third-order valence-electron chi connectivity index (χ3n) is 4.59. The third-order valence-corrected chi connectivity index (χ3v) is 4.83. The van der Waals surface area contributed by atoms with Crippen LogP contribution in [-0.4, -0.2) is 28.9 Å². The summed E-state index contributed by atoms with van der Waals surface area (Å²) in [6.07, 6.45) is 0.987. The fraction of sp³-hybridized carbons (Fsp3) is 0.278. The van der Waals surface area contributed by atoms with E-state index in [2.05, 4.69) is 24.0 Å². The van der Waals surface area contributed by atoms with Gasteiger partial charge in [0.1, 0.15) is 5.84 Å². The molecule has 0 radical (unpaired) electrons. The van der Waals surface area contributed by atoms with Crippen molar-refractivity contribution < 1.29 is 5.11 Å². The van der Waals surface area contributed by atoms with E-state index in [9.17, 15) is 5.11 Å². The first-order valence-corrected chi connectivity index (χ1v) is 7.96. The van der Waals surface area contributed by atoms with E-state index >= 15 is 0 Å². The number of aliphatic imine (C=N–C) groups is 1. The van der Waals surface area contributed by atoms with Gasteiger partial charge < -0.3 is 10.0 Å². The number of nitrogens with zero attached hydrogens (tertiary/aromatic N) is 2. The number of hydrogen-bond acceptors (Lipinski definition) is 3. The van der Waals surface area contributed by atoms with Gasteiger partial charge in [0.25, 0.3) is 0 Å². The molecule has 22 heavy (non-hydrogen) atoms. The molecule has 1 atom stereocenters. The van der Waals surface area contributed by atoms with Crippen molar-refractivity contribution in [2.45, 2.75) is 19.1 Å². The first-order chi connectivity index (χ1) is 10.6. The van der Waals surface area contributed by atoms with Crippen molar-refractivity contribution in [1.82, 2.24) is 4.90 Å². The molecule has 2 aromatic rings. The van der Waals surface area contributed by atoms with E-state index in [-0.39, 0.29) is 0 Å². The minimum absolute atomic E-state index is 0.666. The zero-order valence-corrected chi connectivity index (χ0v) is 13.1. The lowest BCUT2D eigenvalue weighted by Gasteiger charge is -2.34. The monoisotopic (exact) mass is 312 g/mol. The lowest BCUT2D eigenvalue weighted by atomic mass is 9.92. The van der Waals surface area contributed by atoms with Crippen LogP contribution in [-0.2, 0) is 12.1 Å². The van der Waals surface area contributed by atoms with Gasteiger partial charge >= 0.3 is 0 Å². The summed E-state index contributed by atoms with van der Waals surface area (Å²) >= 11 is 6.14. The molecule has 2 aliphatic heterocycles. The zero-order valence-electron chi connectivity index (χ0n) is 12.4. The molecule has 4 heteroatoms. The Morgan fingerprint density at radius 2 is 2.00 bits per heavy atom. The van der Waals surface area contributed by atoms with Crippen LogP contribution in [0.1, 0.15) is 29.2 Å². The van der Waals surface area contributed by atoms with Crippen LogP contribution in [0.4, 0.5) is 0 Å². The quantitative estimate of drug-likeness (QED) is 0.924. The number of benzene rings is 2. The lowest BCUT2D eigenvalue weighted by molar-refractivity contribution is -0.0242. The molecule has 1 unspecified atom stereocenters. The van der Waals surface area contributed by atoms with Crippen LogP contribution < -0.4 is 0 Å². The van der Waals surface area contributed by atoms with E-state index in [0.29, 0.717) is 18.1 Å². The van der Waals surface area contributed by atoms with Crippen molar-refractivity contribution >= 4 is 17.4 Å². The molecule has 0 saturated carbocycles. The fourth-order valence-corrected chi connectivity index (χ4v) is 3.60. The van der Waals surface area contributed by atoms with Crippen molar-refractivity contribution in [3.63, 3.8) is 0 Å². The summed E-state index contributed by atoms with van der Waals surface area (Å²) in [6.45, 7) is 3.55.